The first-order valence-corrected chi connectivity index (χ1v) is 13.1. The van der Waals surface area contributed by atoms with Crippen molar-refractivity contribution in [3.8, 4) is 33.8 Å². The Morgan fingerprint density at radius 2 is 1.89 bits per heavy atom. The Morgan fingerprint density at radius 3 is 2.73 bits per heavy atom. The molecule has 0 radical (unpaired) electrons. The van der Waals surface area contributed by atoms with Gasteiger partial charge in [0.05, 0.1) is 18.3 Å². The lowest BCUT2D eigenvalue weighted by molar-refractivity contribution is 0.188. The number of piperazine rings is 1. The van der Waals surface area contributed by atoms with E-state index in [0.717, 1.165) is 90.6 Å². The second kappa shape index (κ2) is 10.1. The van der Waals surface area contributed by atoms with Crippen LogP contribution in [0.15, 0.2) is 60.9 Å². The number of nitrogens with zero attached hydrogens (tertiary/aromatic N) is 4. The molecule has 0 amide bonds. The zero-order chi connectivity index (χ0) is 25.4. The highest BCUT2D eigenvalue weighted by Crippen LogP contribution is 2.39. The van der Waals surface area contributed by atoms with Crippen molar-refractivity contribution in [3.63, 3.8) is 0 Å². The molecule has 4 aromatic rings. The molecule has 6 rings (SSSR count). The van der Waals surface area contributed by atoms with E-state index in [1.54, 1.807) is 0 Å². The molecule has 2 aliphatic rings. The van der Waals surface area contributed by atoms with E-state index < -0.39 is 0 Å². The maximum absolute atomic E-state index is 6.22. The van der Waals surface area contributed by atoms with Gasteiger partial charge in [-0.1, -0.05) is 18.2 Å². The fourth-order valence-electron chi connectivity index (χ4n) is 5.40. The maximum atomic E-state index is 6.22. The van der Waals surface area contributed by atoms with Gasteiger partial charge in [0.2, 0.25) is 0 Å². The smallest absolute Gasteiger partial charge is 0.143 e. The number of H-pyrrole nitrogens is 1. The molecule has 1 unspecified atom stereocenters. The van der Waals surface area contributed by atoms with Gasteiger partial charge in [-0.15, -0.1) is 0 Å². The van der Waals surface area contributed by atoms with Crippen LogP contribution in [0.2, 0.25) is 0 Å². The number of pyridine rings is 1. The fraction of sp³-hybridized carbons (Fsp3) is 0.367. The van der Waals surface area contributed by atoms with Crippen LogP contribution in [-0.4, -0.2) is 86.3 Å². The van der Waals surface area contributed by atoms with E-state index in [2.05, 4.69) is 77.2 Å². The molecule has 2 aliphatic heterocycles. The number of anilines is 1. The lowest BCUT2D eigenvalue weighted by Crippen LogP contribution is -2.56. The average molecular weight is 498 g/mol. The number of aromatic amines is 1. The Hall–Kier alpha value is -3.55. The average Bonchev–Trinajstić information content (AvgIpc) is 3.34. The third-order valence-electron chi connectivity index (χ3n) is 7.43. The highest BCUT2D eigenvalue weighted by Gasteiger charge is 2.31. The molecule has 4 heterocycles. The maximum Gasteiger partial charge on any atom is 0.143 e. The van der Waals surface area contributed by atoms with Crippen LogP contribution in [0.1, 0.15) is 6.42 Å². The van der Waals surface area contributed by atoms with Gasteiger partial charge in [-0.2, -0.15) is 0 Å². The van der Waals surface area contributed by atoms with Crippen LogP contribution >= 0.6 is 0 Å². The molecule has 1 N–H and O–H groups in total. The van der Waals surface area contributed by atoms with Gasteiger partial charge in [0.1, 0.15) is 23.8 Å². The van der Waals surface area contributed by atoms with Gasteiger partial charge < -0.3 is 29.2 Å². The first kappa shape index (κ1) is 23.8. The first-order chi connectivity index (χ1) is 18.0. The van der Waals surface area contributed by atoms with Gasteiger partial charge in [-0.3, -0.25) is 0 Å². The third kappa shape index (κ3) is 4.89. The van der Waals surface area contributed by atoms with Crippen LogP contribution < -0.4 is 14.4 Å². The number of hydrogen-bond donors (Lipinski definition) is 1. The third-order valence-corrected chi connectivity index (χ3v) is 7.43. The van der Waals surface area contributed by atoms with Gasteiger partial charge in [0, 0.05) is 55.1 Å². The van der Waals surface area contributed by atoms with Crippen molar-refractivity contribution in [2.45, 2.75) is 12.5 Å². The zero-order valence-corrected chi connectivity index (χ0v) is 21.9. The molecule has 0 aliphatic carbocycles. The van der Waals surface area contributed by atoms with Crippen molar-refractivity contribution in [2.24, 2.45) is 0 Å². The second-order valence-corrected chi connectivity index (χ2v) is 10.5. The SMILES string of the molecule is CN(C)CCCOc1ccc(-c2c[nH]c3ncc(-c4ccc5c(c4)OCC4CN(C)CCN54)cc23)cc1. The van der Waals surface area contributed by atoms with E-state index in [9.17, 15) is 0 Å². The van der Waals surface area contributed by atoms with Crippen LogP contribution in [0.25, 0.3) is 33.3 Å². The second-order valence-electron chi connectivity index (χ2n) is 10.5. The number of hydrogen-bond acceptors (Lipinski definition) is 6. The van der Waals surface area contributed by atoms with Crippen molar-refractivity contribution in [2.75, 3.05) is 65.4 Å². The Labute approximate surface area is 218 Å². The Morgan fingerprint density at radius 1 is 1.05 bits per heavy atom. The molecule has 7 heteroatoms. The van der Waals surface area contributed by atoms with E-state index >= 15 is 0 Å². The van der Waals surface area contributed by atoms with Gasteiger partial charge >= 0.3 is 0 Å². The summed E-state index contributed by atoms with van der Waals surface area (Å²) >= 11 is 0. The first-order valence-electron chi connectivity index (χ1n) is 13.1. The molecule has 1 saturated heterocycles. The predicted molar refractivity (Wildman–Crippen MR) is 150 cm³/mol. The summed E-state index contributed by atoms with van der Waals surface area (Å²) in [4.78, 5) is 15.1. The van der Waals surface area contributed by atoms with E-state index in [0.29, 0.717) is 6.04 Å². The van der Waals surface area contributed by atoms with Crippen LogP contribution in [0.5, 0.6) is 11.5 Å². The molecule has 2 aromatic heterocycles. The summed E-state index contributed by atoms with van der Waals surface area (Å²) in [6, 6.07) is 17.6. The zero-order valence-electron chi connectivity index (χ0n) is 21.9. The minimum Gasteiger partial charge on any atom is -0.494 e. The summed E-state index contributed by atoms with van der Waals surface area (Å²) in [5.74, 6) is 1.87. The van der Waals surface area contributed by atoms with E-state index in [4.69, 9.17) is 14.5 Å². The predicted octanol–water partition coefficient (Wildman–Crippen LogP) is 4.74. The summed E-state index contributed by atoms with van der Waals surface area (Å²) in [6.45, 7) is 5.64. The minimum atomic E-state index is 0.423. The van der Waals surface area contributed by atoms with Crippen LogP contribution in [0, 0.1) is 0 Å². The fourth-order valence-corrected chi connectivity index (χ4v) is 5.40. The van der Waals surface area contributed by atoms with Gasteiger partial charge in [0.15, 0.2) is 0 Å². The highest BCUT2D eigenvalue weighted by atomic mass is 16.5. The molecule has 0 bridgehead atoms. The molecule has 37 heavy (non-hydrogen) atoms. The number of benzene rings is 2. The van der Waals surface area contributed by atoms with Gasteiger partial charge in [-0.25, -0.2) is 4.98 Å². The molecule has 2 aromatic carbocycles. The number of fused-ring (bicyclic) bond motifs is 4. The standard InChI is InChI=1S/C30H35N5O2/c1-33(2)11-4-14-36-25-8-5-21(6-9-25)27-18-32-30-26(27)15-23(17-31-30)22-7-10-28-29(16-22)37-20-24-19-34(3)12-13-35(24)28/h5-10,15-18,24H,4,11-14,19-20H2,1-3H3,(H,31,32). The largest absolute Gasteiger partial charge is 0.494 e. The van der Waals surface area contributed by atoms with Crippen LogP contribution in [0.4, 0.5) is 5.69 Å². The molecule has 7 nitrogen and oxygen atoms in total. The van der Waals surface area contributed by atoms with E-state index in [1.165, 1.54) is 5.69 Å². The monoisotopic (exact) mass is 497 g/mol. The topological polar surface area (TPSA) is 56.9 Å². The summed E-state index contributed by atoms with van der Waals surface area (Å²) < 4.78 is 12.1. The Bertz CT molecular complexity index is 1380. The van der Waals surface area contributed by atoms with E-state index in [1.807, 2.05) is 24.5 Å². The molecule has 1 fully saturated rings. The molecule has 1 atom stereocenters. The molecule has 192 valence electrons. The quantitative estimate of drug-likeness (QED) is 0.372. The van der Waals surface area contributed by atoms with Gasteiger partial charge in [-0.05, 0) is 69.0 Å². The molecule has 0 spiro atoms. The normalized spacial score (nSPS) is 17.5. The number of ether oxygens (including phenoxy) is 2. The lowest BCUT2D eigenvalue weighted by Gasteiger charge is -2.44. The van der Waals surface area contributed by atoms with Crippen molar-refractivity contribution < 1.29 is 9.47 Å². The van der Waals surface area contributed by atoms with Crippen molar-refractivity contribution in [1.29, 1.82) is 0 Å². The Balaban J connectivity index is 1.23. The number of likely N-dealkylation sites (N-methyl/N-ethyl adjacent to an activating group) is 1. The van der Waals surface area contributed by atoms with Crippen molar-refractivity contribution in [3.05, 3.63) is 60.9 Å². The minimum absolute atomic E-state index is 0.423. The number of nitrogens with one attached hydrogen (secondary N) is 1. The summed E-state index contributed by atoms with van der Waals surface area (Å²) in [5, 5.41) is 1.11. The summed E-state index contributed by atoms with van der Waals surface area (Å²) in [7, 11) is 6.35. The molecule has 0 saturated carbocycles. The van der Waals surface area contributed by atoms with Crippen molar-refractivity contribution >= 4 is 16.7 Å². The van der Waals surface area contributed by atoms with Gasteiger partial charge in [0.25, 0.3) is 0 Å². The van der Waals surface area contributed by atoms with Crippen molar-refractivity contribution in [1.82, 2.24) is 19.8 Å². The summed E-state index contributed by atoms with van der Waals surface area (Å²) in [6.07, 6.45) is 4.99. The molecular formula is C30H35N5O2. The summed E-state index contributed by atoms with van der Waals surface area (Å²) in [5.41, 5.74) is 6.57. The Kier molecular flexibility index (Phi) is 6.49. The number of aromatic nitrogens is 2. The highest BCUT2D eigenvalue weighted by molar-refractivity contribution is 5.96. The molecular weight excluding hydrogens is 462 g/mol. The van der Waals surface area contributed by atoms with Crippen LogP contribution in [0.3, 0.4) is 0 Å². The lowest BCUT2D eigenvalue weighted by atomic mass is 10.0. The van der Waals surface area contributed by atoms with E-state index in [-0.39, 0.29) is 0 Å². The number of rotatable bonds is 7. The van der Waals surface area contributed by atoms with Crippen LogP contribution in [-0.2, 0) is 0 Å².